The SMILES string of the molecule is CCC1CCC(N(C)CC(C=O)(CC)CC)CC1. The Morgan fingerprint density at radius 3 is 2.06 bits per heavy atom. The quantitative estimate of drug-likeness (QED) is 0.642. The Morgan fingerprint density at radius 2 is 1.67 bits per heavy atom. The van der Waals surface area contributed by atoms with E-state index in [-0.39, 0.29) is 5.41 Å². The van der Waals surface area contributed by atoms with E-state index in [1.807, 2.05) is 0 Å². The van der Waals surface area contributed by atoms with Crippen LogP contribution >= 0.6 is 0 Å². The van der Waals surface area contributed by atoms with Crippen molar-refractivity contribution in [2.24, 2.45) is 11.3 Å². The zero-order chi connectivity index (χ0) is 13.6. The lowest BCUT2D eigenvalue weighted by atomic mass is 9.80. The molecule has 0 saturated heterocycles. The van der Waals surface area contributed by atoms with Gasteiger partial charge in [0.1, 0.15) is 6.29 Å². The van der Waals surface area contributed by atoms with E-state index in [0.717, 1.165) is 25.3 Å². The van der Waals surface area contributed by atoms with E-state index in [9.17, 15) is 4.79 Å². The molecule has 0 radical (unpaired) electrons. The highest BCUT2D eigenvalue weighted by molar-refractivity contribution is 5.59. The Hall–Kier alpha value is -0.370. The fraction of sp³-hybridized carbons (Fsp3) is 0.938. The van der Waals surface area contributed by atoms with Crippen molar-refractivity contribution >= 4 is 6.29 Å². The third kappa shape index (κ3) is 3.81. The zero-order valence-corrected chi connectivity index (χ0v) is 12.7. The van der Waals surface area contributed by atoms with Crippen LogP contribution in [-0.2, 0) is 4.79 Å². The number of aldehydes is 1. The van der Waals surface area contributed by atoms with Gasteiger partial charge < -0.3 is 9.69 Å². The molecular formula is C16H31NO. The van der Waals surface area contributed by atoms with Crippen LogP contribution in [0.2, 0.25) is 0 Å². The fourth-order valence-electron chi connectivity index (χ4n) is 3.30. The second-order valence-electron chi connectivity index (χ2n) is 6.19. The number of hydrogen-bond donors (Lipinski definition) is 0. The maximum atomic E-state index is 11.4. The van der Waals surface area contributed by atoms with Gasteiger partial charge in [-0.1, -0.05) is 27.2 Å². The van der Waals surface area contributed by atoms with E-state index < -0.39 is 0 Å². The first kappa shape index (κ1) is 15.7. The molecule has 1 aliphatic rings. The van der Waals surface area contributed by atoms with Crippen LogP contribution in [0.3, 0.4) is 0 Å². The number of hydrogen-bond acceptors (Lipinski definition) is 2. The lowest BCUT2D eigenvalue weighted by Crippen LogP contribution is -2.43. The van der Waals surface area contributed by atoms with Crippen molar-refractivity contribution in [2.45, 2.75) is 71.8 Å². The van der Waals surface area contributed by atoms with Gasteiger partial charge in [-0.2, -0.15) is 0 Å². The van der Waals surface area contributed by atoms with E-state index in [1.165, 1.54) is 38.4 Å². The Balaban J connectivity index is 2.50. The van der Waals surface area contributed by atoms with E-state index >= 15 is 0 Å². The molecule has 106 valence electrons. The van der Waals surface area contributed by atoms with Gasteiger partial charge in [0.05, 0.1) is 0 Å². The van der Waals surface area contributed by atoms with Gasteiger partial charge in [0.2, 0.25) is 0 Å². The number of carbonyl (C=O) groups is 1. The summed E-state index contributed by atoms with van der Waals surface area (Å²) in [5, 5.41) is 0. The summed E-state index contributed by atoms with van der Waals surface area (Å²) < 4.78 is 0. The molecule has 18 heavy (non-hydrogen) atoms. The molecule has 1 fully saturated rings. The molecule has 1 rings (SSSR count). The highest BCUT2D eigenvalue weighted by Gasteiger charge is 2.31. The van der Waals surface area contributed by atoms with Gasteiger partial charge in [0.25, 0.3) is 0 Å². The van der Waals surface area contributed by atoms with Crippen molar-refractivity contribution in [1.29, 1.82) is 0 Å². The van der Waals surface area contributed by atoms with Crippen molar-refractivity contribution in [1.82, 2.24) is 4.90 Å². The summed E-state index contributed by atoms with van der Waals surface area (Å²) in [6.45, 7) is 7.52. The number of carbonyl (C=O) groups excluding carboxylic acids is 1. The molecule has 1 aliphatic carbocycles. The van der Waals surface area contributed by atoms with E-state index in [4.69, 9.17) is 0 Å². The van der Waals surface area contributed by atoms with Crippen molar-refractivity contribution in [2.75, 3.05) is 13.6 Å². The molecule has 2 nitrogen and oxygen atoms in total. The normalized spacial score (nSPS) is 25.4. The number of nitrogens with zero attached hydrogens (tertiary/aromatic N) is 1. The van der Waals surface area contributed by atoms with Crippen LogP contribution in [-0.4, -0.2) is 30.8 Å². The molecule has 0 atom stereocenters. The molecule has 0 spiro atoms. The third-order valence-corrected chi connectivity index (χ3v) is 5.24. The zero-order valence-electron chi connectivity index (χ0n) is 12.7. The summed E-state index contributed by atoms with van der Waals surface area (Å²) in [4.78, 5) is 13.8. The van der Waals surface area contributed by atoms with Crippen LogP contribution in [0.4, 0.5) is 0 Å². The molecule has 0 N–H and O–H groups in total. The van der Waals surface area contributed by atoms with Crippen molar-refractivity contribution in [3.8, 4) is 0 Å². The minimum absolute atomic E-state index is 0.115. The predicted octanol–water partition coefficient (Wildman–Crippen LogP) is 3.89. The van der Waals surface area contributed by atoms with Crippen molar-refractivity contribution < 1.29 is 4.79 Å². The molecule has 0 heterocycles. The van der Waals surface area contributed by atoms with Crippen LogP contribution in [0.15, 0.2) is 0 Å². The van der Waals surface area contributed by atoms with E-state index in [0.29, 0.717) is 6.04 Å². The average Bonchev–Trinajstić information content (AvgIpc) is 2.45. The summed E-state index contributed by atoms with van der Waals surface area (Å²) in [6, 6.07) is 0.699. The minimum Gasteiger partial charge on any atom is -0.303 e. The van der Waals surface area contributed by atoms with Gasteiger partial charge in [-0.3, -0.25) is 0 Å². The second-order valence-corrected chi connectivity index (χ2v) is 6.19. The van der Waals surface area contributed by atoms with Crippen LogP contribution in [0.5, 0.6) is 0 Å². The van der Waals surface area contributed by atoms with Gasteiger partial charge in [0, 0.05) is 18.0 Å². The first-order chi connectivity index (χ1) is 8.60. The molecule has 0 unspecified atom stereocenters. The Labute approximate surface area is 113 Å². The first-order valence-electron chi connectivity index (χ1n) is 7.77. The summed E-state index contributed by atoms with van der Waals surface area (Å²) in [6.07, 6.45) is 9.83. The third-order valence-electron chi connectivity index (χ3n) is 5.24. The second kappa shape index (κ2) is 7.28. The molecule has 1 saturated carbocycles. The first-order valence-corrected chi connectivity index (χ1v) is 7.77. The van der Waals surface area contributed by atoms with Gasteiger partial charge >= 0.3 is 0 Å². The topological polar surface area (TPSA) is 20.3 Å². The standard InChI is InChI=1S/C16H31NO/c1-5-14-8-10-15(11-9-14)17(4)12-16(6-2,7-3)13-18/h13-15H,5-12H2,1-4H3. The van der Waals surface area contributed by atoms with E-state index in [2.05, 4.69) is 32.7 Å². The predicted molar refractivity (Wildman–Crippen MR) is 77.7 cm³/mol. The van der Waals surface area contributed by atoms with Crippen molar-refractivity contribution in [3.05, 3.63) is 0 Å². The molecule has 0 aromatic heterocycles. The highest BCUT2D eigenvalue weighted by Crippen LogP contribution is 2.31. The lowest BCUT2D eigenvalue weighted by Gasteiger charge is -2.38. The smallest absolute Gasteiger partial charge is 0.127 e. The average molecular weight is 253 g/mol. The van der Waals surface area contributed by atoms with Crippen LogP contribution in [0, 0.1) is 11.3 Å². The summed E-state index contributed by atoms with van der Waals surface area (Å²) in [5.74, 6) is 0.947. The van der Waals surface area contributed by atoms with Crippen LogP contribution < -0.4 is 0 Å². The van der Waals surface area contributed by atoms with Crippen molar-refractivity contribution in [3.63, 3.8) is 0 Å². The maximum absolute atomic E-state index is 11.4. The van der Waals surface area contributed by atoms with Gasteiger partial charge in [-0.05, 0) is 51.5 Å². The minimum atomic E-state index is -0.115. The Kier molecular flexibility index (Phi) is 6.34. The van der Waals surface area contributed by atoms with Gasteiger partial charge in [-0.25, -0.2) is 0 Å². The molecule has 0 aromatic rings. The molecular weight excluding hydrogens is 222 g/mol. The maximum Gasteiger partial charge on any atom is 0.127 e. The van der Waals surface area contributed by atoms with Gasteiger partial charge in [-0.15, -0.1) is 0 Å². The number of rotatable bonds is 7. The highest BCUT2D eigenvalue weighted by atomic mass is 16.1. The largest absolute Gasteiger partial charge is 0.303 e. The van der Waals surface area contributed by atoms with Crippen LogP contribution in [0.25, 0.3) is 0 Å². The fourth-order valence-corrected chi connectivity index (χ4v) is 3.30. The monoisotopic (exact) mass is 253 g/mol. The summed E-state index contributed by atoms with van der Waals surface area (Å²) in [7, 11) is 2.21. The summed E-state index contributed by atoms with van der Waals surface area (Å²) in [5.41, 5.74) is -0.115. The molecule has 0 bridgehead atoms. The Morgan fingerprint density at radius 1 is 1.11 bits per heavy atom. The Bertz CT molecular complexity index is 239. The van der Waals surface area contributed by atoms with Crippen LogP contribution in [0.1, 0.15) is 65.7 Å². The molecule has 0 aromatic carbocycles. The molecule has 2 heteroatoms. The molecule has 0 aliphatic heterocycles. The summed E-state index contributed by atoms with van der Waals surface area (Å²) >= 11 is 0. The van der Waals surface area contributed by atoms with Gasteiger partial charge in [0.15, 0.2) is 0 Å². The lowest BCUT2D eigenvalue weighted by molar-refractivity contribution is -0.118. The molecule has 0 amide bonds. The van der Waals surface area contributed by atoms with E-state index in [1.54, 1.807) is 0 Å².